The van der Waals surface area contributed by atoms with Gasteiger partial charge in [-0.15, -0.1) is 0 Å². The lowest BCUT2D eigenvalue weighted by molar-refractivity contribution is -0.0743. The molecule has 6 heteroatoms. The fourth-order valence-corrected chi connectivity index (χ4v) is 3.76. The van der Waals surface area contributed by atoms with Crippen LogP contribution in [0.4, 0.5) is 14.5 Å². The van der Waals surface area contributed by atoms with Crippen molar-refractivity contribution in [3.05, 3.63) is 36.0 Å². The van der Waals surface area contributed by atoms with E-state index in [0.29, 0.717) is 11.8 Å². The number of fused-ring (bicyclic) bond motifs is 1. The first-order valence-corrected chi connectivity index (χ1v) is 8.93. The van der Waals surface area contributed by atoms with Crippen molar-refractivity contribution < 1.29 is 18.3 Å². The van der Waals surface area contributed by atoms with E-state index in [1.54, 1.807) is 12.3 Å². The van der Waals surface area contributed by atoms with Crippen molar-refractivity contribution in [3.63, 3.8) is 0 Å². The highest BCUT2D eigenvalue weighted by Crippen LogP contribution is 2.32. The van der Waals surface area contributed by atoms with Crippen LogP contribution in [-0.4, -0.2) is 43.5 Å². The Balaban J connectivity index is 1.47. The molecule has 0 radical (unpaired) electrons. The minimum absolute atomic E-state index is 0.0954. The number of piperidine rings is 1. The van der Waals surface area contributed by atoms with Gasteiger partial charge in [-0.2, -0.15) is 0 Å². The van der Waals surface area contributed by atoms with E-state index in [1.165, 1.54) is 6.07 Å². The molecule has 0 N–H and O–H groups in total. The van der Waals surface area contributed by atoms with Crippen LogP contribution < -0.4 is 4.90 Å². The number of aromatic nitrogens is 1. The van der Waals surface area contributed by atoms with Crippen LogP contribution in [0.1, 0.15) is 25.7 Å². The summed E-state index contributed by atoms with van der Waals surface area (Å²) in [6, 6.07) is 4.07. The second kappa shape index (κ2) is 7.22. The predicted octanol–water partition coefficient (Wildman–Crippen LogP) is 3.68. The van der Waals surface area contributed by atoms with E-state index < -0.39 is 11.6 Å². The van der Waals surface area contributed by atoms with Crippen LogP contribution in [0.15, 0.2) is 24.4 Å². The molecule has 0 saturated carbocycles. The molecule has 3 heterocycles. The molecule has 1 aromatic carbocycles. The molecule has 0 atom stereocenters. The van der Waals surface area contributed by atoms with E-state index in [9.17, 15) is 8.78 Å². The van der Waals surface area contributed by atoms with E-state index in [1.807, 2.05) is 0 Å². The molecule has 2 aliphatic heterocycles. The summed E-state index contributed by atoms with van der Waals surface area (Å²) < 4.78 is 39.8. The van der Waals surface area contributed by atoms with E-state index in [-0.39, 0.29) is 17.0 Å². The lowest BCUT2D eigenvalue weighted by Crippen LogP contribution is -2.39. The number of hydrogen-bond acceptors (Lipinski definition) is 4. The maximum Gasteiger partial charge on any atom is 0.149 e. The average Bonchev–Trinajstić information content (AvgIpc) is 2.66. The van der Waals surface area contributed by atoms with Gasteiger partial charge in [-0.25, -0.2) is 8.78 Å². The van der Waals surface area contributed by atoms with Crippen molar-refractivity contribution in [2.45, 2.75) is 37.9 Å². The van der Waals surface area contributed by atoms with Crippen molar-refractivity contribution in [1.82, 2.24) is 4.98 Å². The predicted molar refractivity (Wildman–Crippen MR) is 91.8 cm³/mol. The van der Waals surface area contributed by atoms with Crippen molar-refractivity contribution >= 4 is 16.6 Å². The van der Waals surface area contributed by atoms with E-state index in [2.05, 4.69) is 9.88 Å². The van der Waals surface area contributed by atoms with Crippen molar-refractivity contribution in [1.29, 1.82) is 0 Å². The van der Waals surface area contributed by atoms with Crippen LogP contribution in [-0.2, 0) is 9.47 Å². The number of benzene rings is 1. The Kier molecular flexibility index (Phi) is 4.81. The van der Waals surface area contributed by atoms with Crippen LogP contribution in [0.25, 0.3) is 10.9 Å². The number of pyridine rings is 1. The molecule has 0 amide bonds. The van der Waals surface area contributed by atoms with E-state index >= 15 is 0 Å². The summed E-state index contributed by atoms with van der Waals surface area (Å²) in [5.41, 5.74) is 0.810. The molecule has 0 bridgehead atoms. The normalized spacial score (nSPS) is 20.3. The van der Waals surface area contributed by atoms with Crippen LogP contribution in [0.3, 0.4) is 0 Å². The number of hydrogen-bond donors (Lipinski definition) is 0. The number of anilines is 1. The smallest absolute Gasteiger partial charge is 0.149 e. The lowest BCUT2D eigenvalue weighted by Gasteiger charge is -2.36. The molecule has 2 fully saturated rings. The minimum atomic E-state index is -0.490. The Labute approximate surface area is 145 Å². The Hall–Kier alpha value is -1.79. The first-order chi connectivity index (χ1) is 12.2. The third-order valence-corrected chi connectivity index (χ3v) is 5.11. The average molecular weight is 348 g/mol. The van der Waals surface area contributed by atoms with Gasteiger partial charge in [0.05, 0.1) is 23.3 Å². The molecular weight excluding hydrogens is 326 g/mol. The molecular formula is C19H22F2N2O2. The second-order valence-electron chi connectivity index (χ2n) is 6.72. The number of ether oxygens (including phenoxy) is 2. The highest BCUT2D eigenvalue weighted by atomic mass is 19.1. The molecule has 0 unspecified atom stereocenters. The zero-order chi connectivity index (χ0) is 17.2. The largest absolute Gasteiger partial charge is 0.381 e. The number of nitrogens with zero attached hydrogens (tertiary/aromatic N) is 2. The summed E-state index contributed by atoms with van der Waals surface area (Å²) in [6.07, 6.45) is 5.76. The summed E-state index contributed by atoms with van der Waals surface area (Å²) in [5.74, 6) is -0.920. The highest BCUT2D eigenvalue weighted by molar-refractivity contribution is 5.92. The fraction of sp³-hybridized carbons (Fsp3) is 0.526. The molecule has 25 heavy (non-hydrogen) atoms. The summed E-state index contributed by atoms with van der Waals surface area (Å²) in [5, 5.41) is 0.270. The van der Waals surface area contributed by atoms with E-state index in [4.69, 9.17) is 9.47 Å². The van der Waals surface area contributed by atoms with Crippen LogP contribution in [0, 0.1) is 11.6 Å². The first-order valence-electron chi connectivity index (χ1n) is 8.93. The first kappa shape index (κ1) is 16.7. The van der Waals surface area contributed by atoms with Crippen molar-refractivity contribution in [2.24, 2.45) is 0 Å². The van der Waals surface area contributed by atoms with Gasteiger partial charge in [-0.1, -0.05) is 0 Å². The third kappa shape index (κ3) is 3.46. The Bertz CT molecular complexity index is 742. The van der Waals surface area contributed by atoms with Gasteiger partial charge in [0, 0.05) is 32.5 Å². The number of halogens is 2. The summed E-state index contributed by atoms with van der Waals surface area (Å²) in [6.45, 7) is 3.08. The summed E-state index contributed by atoms with van der Waals surface area (Å²) in [4.78, 5) is 6.12. The molecule has 2 aromatic rings. The van der Waals surface area contributed by atoms with Crippen LogP contribution >= 0.6 is 0 Å². The van der Waals surface area contributed by atoms with Gasteiger partial charge in [0.15, 0.2) is 0 Å². The zero-order valence-corrected chi connectivity index (χ0v) is 14.1. The fourth-order valence-electron chi connectivity index (χ4n) is 3.76. The topological polar surface area (TPSA) is 34.6 Å². The van der Waals surface area contributed by atoms with Gasteiger partial charge < -0.3 is 14.4 Å². The van der Waals surface area contributed by atoms with Gasteiger partial charge >= 0.3 is 0 Å². The Morgan fingerprint density at radius 1 is 0.960 bits per heavy atom. The Morgan fingerprint density at radius 3 is 2.40 bits per heavy atom. The quantitative estimate of drug-likeness (QED) is 0.848. The standard InChI is InChI=1S/C19H22F2N2O2/c20-15-1-2-16(21)19-18(15)17(3-8-22-19)23-9-4-13(5-10-23)25-14-6-11-24-12-7-14/h1-3,8,13-14H,4-7,9-12H2. The number of rotatable bonds is 3. The molecule has 0 spiro atoms. The van der Waals surface area contributed by atoms with Crippen LogP contribution in [0.2, 0.25) is 0 Å². The molecule has 4 nitrogen and oxygen atoms in total. The minimum Gasteiger partial charge on any atom is -0.381 e. The van der Waals surface area contributed by atoms with Crippen molar-refractivity contribution in [3.8, 4) is 0 Å². The van der Waals surface area contributed by atoms with Crippen molar-refractivity contribution in [2.75, 3.05) is 31.2 Å². The van der Waals surface area contributed by atoms with Crippen LogP contribution in [0.5, 0.6) is 0 Å². The maximum absolute atomic E-state index is 14.3. The Morgan fingerprint density at radius 2 is 1.64 bits per heavy atom. The molecule has 2 aliphatic rings. The monoisotopic (exact) mass is 348 g/mol. The molecule has 4 rings (SSSR count). The van der Waals surface area contributed by atoms with Gasteiger partial charge in [-0.05, 0) is 43.9 Å². The molecule has 0 aliphatic carbocycles. The lowest BCUT2D eigenvalue weighted by atomic mass is 10.0. The second-order valence-corrected chi connectivity index (χ2v) is 6.72. The highest BCUT2D eigenvalue weighted by Gasteiger charge is 2.26. The SMILES string of the molecule is Fc1ccc(F)c2c(N3CCC(OC4CCOCC4)CC3)ccnc12. The van der Waals surface area contributed by atoms with Gasteiger partial charge in [0.1, 0.15) is 17.2 Å². The van der Waals surface area contributed by atoms with Gasteiger partial charge in [0.25, 0.3) is 0 Å². The summed E-state index contributed by atoms with van der Waals surface area (Å²) in [7, 11) is 0. The van der Waals surface area contributed by atoms with Gasteiger partial charge in [0.2, 0.25) is 0 Å². The zero-order valence-electron chi connectivity index (χ0n) is 14.1. The summed E-state index contributed by atoms with van der Waals surface area (Å²) >= 11 is 0. The van der Waals surface area contributed by atoms with Gasteiger partial charge in [-0.3, -0.25) is 4.98 Å². The molecule has 1 aromatic heterocycles. The van der Waals surface area contributed by atoms with E-state index in [0.717, 1.165) is 58.1 Å². The third-order valence-electron chi connectivity index (χ3n) is 5.11. The maximum atomic E-state index is 14.3. The molecule has 2 saturated heterocycles. The molecule has 134 valence electrons.